The maximum Gasteiger partial charge on any atom is 0.123 e. The molecule has 0 saturated carbocycles. The lowest BCUT2D eigenvalue weighted by molar-refractivity contribution is 0.168. The van der Waals surface area contributed by atoms with Gasteiger partial charge in [-0.25, -0.2) is 4.39 Å². The van der Waals surface area contributed by atoms with Crippen molar-refractivity contribution in [3.05, 3.63) is 30.1 Å². The van der Waals surface area contributed by atoms with Gasteiger partial charge in [0.2, 0.25) is 0 Å². The standard InChI is InChI=1S/C16H26FNO/c1-12(2)9-16(11-19,10-13(3)4)18-15-7-5-14(17)6-8-15/h5-8,12-13,18-19H,9-11H2,1-4H3. The summed E-state index contributed by atoms with van der Waals surface area (Å²) in [6, 6.07) is 6.32. The Hall–Kier alpha value is -1.09. The summed E-state index contributed by atoms with van der Waals surface area (Å²) in [5, 5.41) is 13.3. The largest absolute Gasteiger partial charge is 0.394 e. The summed E-state index contributed by atoms with van der Waals surface area (Å²) in [5.41, 5.74) is 0.525. The summed E-state index contributed by atoms with van der Waals surface area (Å²) in [6.07, 6.45) is 1.78. The minimum atomic E-state index is -0.333. The monoisotopic (exact) mass is 267 g/mol. The molecular formula is C16H26FNO. The van der Waals surface area contributed by atoms with Crippen molar-refractivity contribution in [1.82, 2.24) is 0 Å². The molecule has 3 heteroatoms. The van der Waals surface area contributed by atoms with Gasteiger partial charge in [0, 0.05) is 5.69 Å². The highest BCUT2D eigenvalue weighted by Crippen LogP contribution is 2.29. The zero-order valence-corrected chi connectivity index (χ0v) is 12.4. The maximum atomic E-state index is 12.9. The normalized spacial score (nSPS) is 12.2. The van der Waals surface area contributed by atoms with Gasteiger partial charge < -0.3 is 10.4 Å². The Kier molecular flexibility index (Phi) is 5.80. The first kappa shape index (κ1) is 16.0. The van der Waals surface area contributed by atoms with E-state index in [0.29, 0.717) is 11.8 Å². The van der Waals surface area contributed by atoms with Crippen LogP contribution in [0.2, 0.25) is 0 Å². The number of anilines is 1. The molecule has 0 saturated heterocycles. The van der Waals surface area contributed by atoms with Crippen molar-refractivity contribution in [3.8, 4) is 0 Å². The Morgan fingerprint density at radius 3 is 1.89 bits per heavy atom. The lowest BCUT2D eigenvalue weighted by Crippen LogP contribution is -2.44. The van der Waals surface area contributed by atoms with E-state index in [1.54, 1.807) is 12.1 Å². The molecule has 1 rings (SSSR count). The minimum absolute atomic E-state index is 0.0841. The summed E-state index contributed by atoms with van der Waals surface area (Å²) >= 11 is 0. The second-order valence-electron chi connectivity index (χ2n) is 6.27. The van der Waals surface area contributed by atoms with E-state index < -0.39 is 0 Å². The lowest BCUT2D eigenvalue weighted by atomic mass is 9.82. The van der Waals surface area contributed by atoms with Crippen LogP contribution in [-0.4, -0.2) is 17.3 Å². The van der Waals surface area contributed by atoms with Gasteiger partial charge in [-0.15, -0.1) is 0 Å². The Labute approximate surface area is 116 Å². The van der Waals surface area contributed by atoms with Crippen molar-refractivity contribution in [2.24, 2.45) is 11.8 Å². The average molecular weight is 267 g/mol. The van der Waals surface area contributed by atoms with Crippen LogP contribution in [0.5, 0.6) is 0 Å². The average Bonchev–Trinajstić information content (AvgIpc) is 2.30. The molecule has 0 bridgehead atoms. The van der Waals surface area contributed by atoms with E-state index in [9.17, 15) is 9.50 Å². The molecule has 0 heterocycles. The summed E-state index contributed by atoms with van der Waals surface area (Å²) in [7, 11) is 0. The van der Waals surface area contributed by atoms with Crippen molar-refractivity contribution in [1.29, 1.82) is 0 Å². The first-order valence-corrected chi connectivity index (χ1v) is 7.01. The number of hydrogen-bond acceptors (Lipinski definition) is 2. The summed E-state index contributed by atoms with van der Waals surface area (Å²) in [5.74, 6) is 0.727. The molecule has 0 aromatic heterocycles. The fourth-order valence-corrected chi connectivity index (χ4v) is 2.76. The third-order valence-corrected chi connectivity index (χ3v) is 3.15. The predicted octanol–water partition coefficient (Wildman–Crippen LogP) is 4.06. The van der Waals surface area contributed by atoms with Gasteiger partial charge in [0.1, 0.15) is 5.82 Å². The van der Waals surface area contributed by atoms with Gasteiger partial charge in [-0.1, -0.05) is 27.7 Å². The number of aliphatic hydroxyl groups is 1. The van der Waals surface area contributed by atoms with Crippen molar-refractivity contribution in [2.45, 2.75) is 46.1 Å². The molecule has 0 aliphatic carbocycles. The molecule has 1 aromatic rings. The smallest absolute Gasteiger partial charge is 0.123 e. The van der Waals surface area contributed by atoms with E-state index in [4.69, 9.17) is 0 Å². The van der Waals surface area contributed by atoms with Crippen LogP contribution in [0.1, 0.15) is 40.5 Å². The Morgan fingerprint density at radius 2 is 1.53 bits per heavy atom. The second-order valence-corrected chi connectivity index (χ2v) is 6.27. The van der Waals surface area contributed by atoms with Crippen LogP contribution in [0.25, 0.3) is 0 Å². The fraction of sp³-hybridized carbons (Fsp3) is 0.625. The van der Waals surface area contributed by atoms with E-state index in [1.165, 1.54) is 12.1 Å². The van der Waals surface area contributed by atoms with Crippen LogP contribution in [0.3, 0.4) is 0 Å². The number of nitrogens with one attached hydrogen (secondary N) is 1. The molecule has 2 N–H and O–H groups in total. The highest BCUT2D eigenvalue weighted by atomic mass is 19.1. The molecule has 0 aliphatic rings. The van der Waals surface area contributed by atoms with Gasteiger partial charge in [0.05, 0.1) is 12.1 Å². The predicted molar refractivity (Wildman–Crippen MR) is 78.7 cm³/mol. The van der Waals surface area contributed by atoms with E-state index in [-0.39, 0.29) is 18.0 Å². The zero-order chi connectivity index (χ0) is 14.5. The van der Waals surface area contributed by atoms with Crippen LogP contribution in [0.15, 0.2) is 24.3 Å². The topological polar surface area (TPSA) is 32.3 Å². The van der Waals surface area contributed by atoms with Gasteiger partial charge in [0.15, 0.2) is 0 Å². The molecule has 2 nitrogen and oxygen atoms in total. The van der Waals surface area contributed by atoms with Gasteiger partial charge >= 0.3 is 0 Å². The van der Waals surface area contributed by atoms with Crippen LogP contribution in [-0.2, 0) is 0 Å². The SMILES string of the molecule is CC(C)CC(CO)(CC(C)C)Nc1ccc(F)cc1. The van der Waals surface area contributed by atoms with Crippen molar-refractivity contribution >= 4 is 5.69 Å². The molecule has 0 unspecified atom stereocenters. The van der Waals surface area contributed by atoms with Crippen molar-refractivity contribution in [2.75, 3.05) is 11.9 Å². The molecule has 0 aliphatic heterocycles. The molecule has 19 heavy (non-hydrogen) atoms. The van der Waals surface area contributed by atoms with Crippen molar-refractivity contribution < 1.29 is 9.50 Å². The number of halogens is 1. The molecule has 0 radical (unpaired) electrons. The first-order valence-electron chi connectivity index (χ1n) is 7.01. The van der Waals surface area contributed by atoms with E-state index >= 15 is 0 Å². The highest BCUT2D eigenvalue weighted by molar-refractivity contribution is 5.45. The quantitative estimate of drug-likeness (QED) is 0.780. The number of benzene rings is 1. The molecule has 108 valence electrons. The third-order valence-electron chi connectivity index (χ3n) is 3.15. The lowest BCUT2D eigenvalue weighted by Gasteiger charge is -2.37. The maximum absolute atomic E-state index is 12.9. The Bertz CT molecular complexity index is 363. The van der Waals surface area contributed by atoms with Crippen LogP contribution >= 0.6 is 0 Å². The van der Waals surface area contributed by atoms with Crippen LogP contribution < -0.4 is 5.32 Å². The second kappa shape index (κ2) is 6.90. The molecule has 0 atom stereocenters. The van der Waals surface area contributed by atoms with Gasteiger partial charge in [-0.05, 0) is 48.9 Å². The van der Waals surface area contributed by atoms with E-state index in [1.807, 2.05) is 0 Å². The minimum Gasteiger partial charge on any atom is -0.394 e. The molecule has 0 fully saturated rings. The van der Waals surface area contributed by atoms with Crippen LogP contribution in [0.4, 0.5) is 10.1 Å². The fourth-order valence-electron chi connectivity index (χ4n) is 2.76. The summed E-state index contributed by atoms with van der Waals surface area (Å²) < 4.78 is 12.9. The molecule has 0 amide bonds. The third kappa shape index (κ3) is 5.19. The molecular weight excluding hydrogens is 241 g/mol. The first-order chi connectivity index (χ1) is 8.87. The summed E-state index contributed by atoms with van der Waals surface area (Å²) in [6.45, 7) is 8.68. The van der Waals surface area contributed by atoms with Gasteiger partial charge in [0.25, 0.3) is 0 Å². The number of hydrogen-bond donors (Lipinski definition) is 2. The molecule has 1 aromatic carbocycles. The van der Waals surface area contributed by atoms with E-state index in [2.05, 4.69) is 33.0 Å². The number of aliphatic hydroxyl groups excluding tert-OH is 1. The van der Waals surface area contributed by atoms with E-state index in [0.717, 1.165) is 18.5 Å². The summed E-state index contributed by atoms with van der Waals surface area (Å²) in [4.78, 5) is 0. The van der Waals surface area contributed by atoms with Gasteiger partial charge in [-0.2, -0.15) is 0 Å². The zero-order valence-electron chi connectivity index (χ0n) is 12.4. The van der Waals surface area contributed by atoms with Crippen LogP contribution in [0, 0.1) is 17.7 Å². The highest BCUT2D eigenvalue weighted by Gasteiger charge is 2.31. The van der Waals surface area contributed by atoms with Crippen molar-refractivity contribution in [3.63, 3.8) is 0 Å². The van der Waals surface area contributed by atoms with Gasteiger partial charge in [-0.3, -0.25) is 0 Å². The Morgan fingerprint density at radius 1 is 1.05 bits per heavy atom. The number of rotatable bonds is 7. The Balaban J connectivity index is 2.91. The molecule has 0 spiro atoms.